The molecular formula is C25H29NO2. The van der Waals surface area contributed by atoms with E-state index < -0.39 is 0 Å². The van der Waals surface area contributed by atoms with Crippen LogP contribution in [0, 0.1) is 41.5 Å². The zero-order chi connectivity index (χ0) is 20.7. The van der Waals surface area contributed by atoms with Crippen molar-refractivity contribution in [1.82, 2.24) is 0 Å². The van der Waals surface area contributed by atoms with E-state index in [9.17, 15) is 10.2 Å². The van der Waals surface area contributed by atoms with Crippen LogP contribution in [0.3, 0.4) is 0 Å². The number of nitrogen functional groups attached to an aromatic ring is 1. The average molecular weight is 376 g/mol. The molecule has 0 aliphatic heterocycles. The molecule has 0 saturated heterocycles. The van der Waals surface area contributed by atoms with Gasteiger partial charge in [0.1, 0.15) is 11.5 Å². The van der Waals surface area contributed by atoms with Crippen LogP contribution in [0.5, 0.6) is 11.5 Å². The van der Waals surface area contributed by atoms with Gasteiger partial charge < -0.3 is 15.9 Å². The van der Waals surface area contributed by atoms with Crippen molar-refractivity contribution in [1.29, 1.82) is 0 Å². The van der Waals surface area contributed by atoms with Crippen LogP contribution in [0.15, 0.2) is 36.4 Å². The fourth-order valence-electron chi connectivity index (χ4n) is 4.08. The molecule has 0 heterocycles. The van der Waals surface area contributed by atoms with Crippen LogP contribution in [0.4, 0.5) is 5.69 Å². The molecule has 0 atom stereocenters. The van der Waals surface area contributed by atoms with E-state index in [0.717, 1.165) is 55.8 Å². The van der Waals surface area contributed by atoms with Gasteiger partial charge in [-0.05, 0) is 97.7 Å². The molecule has 0 aliphatic rings. The molecule has 3 rings (SSSR count). The van der Waals surface area contributed by atoms with E-state index in [1.807, 2.05) is 59.7 Å². The monoisotopic (exact) mass is 375 g/mol. The van der Waals surface area contributed by atoms with E-state index in [1.165, 1.54) is 0 Å². The number of hydrogen-bond donors (Lipinski definition) is 3. The zero-order valence-corrected chi connectivity index (χ0v) is 17.5. The minimum atomic E-state index is -0.0859. The van der Waals surface area contributed by atoms with Gasteiger partial charge in [-0.2, -0.15) is 0 Å². The van der Waals surface area contributed by atoms with E-state index in [0.29, 0.717) is 11.5 Å². The van der Waals surface area contributed by atoms with E-state index in [-0.39, 0.29) is 5.92 Å². The quantitative estimate of drug-likeness (QED) is 0.406. The molecule has 4 N–H and O–H groups in total. The maximum atomic E-state index is 10.4. The summed E-state index contributed by atoms with van der Waals surface area (Å²) < 4.78 is 0. The number of hydrogen-bond acceptors (Lipinski definition) is 3. The number of anilines is 1. The third kappa shape index (κ3) is 3.11. The Hall–Kier alpha value is -2.94. The van der Waals surface area contributed by atoms with Crippen LogP contribution in [0.1, 0.15) is 56.0 Å². The topological polar surface area (TPSA) is 66.5 Å². The zero-order valence-electron chi connectivity index (χ0n) is 17.5. The maximum absolute atomic E-state index is 10.4. The summed E-state index contributed by atoms with van der Waals surface area (Å²) in [6.45, 7) is 11.9. The largest absolute Gasteiger partial charge is 0.507 e. The first-order valence-electron chi connectivity index (χ1n) is 9.58. The van der Waals surface area contributed by atoms with Crippen LogP contribution in [0.25, 0.3) is 0 Å². The Kier molecular flexibility index (Phi) is 5.12. The third-order valence-electron chi connectivity index (χ3n) is 6.12. The molecule has 146 valence electrons. The number of phenols is 2. The molecule has 28 heavy (non-hydrogen) atoms. The van der Waals surface area contributed by atoms with Crippen LogP contribution < -0.4 is 5.73 Å². The summed E-state index contributed by atoms with van der Waals surface area (Å²) >= 11 is 0. The van der Waals surface area contributed by atoms with Gasteiger partial charge in [-0.1, -0.05) is 30.3 Å². The molecule has 0 aliphatic carbocycles. The van der Waals surface area contributed by atoms with Crippen LogP contribution in [-0.2, 0) is 0 Å². The van der Waals surface area contributed by atoms with Crippen LogP contribution in [0.2, 0.25) is 0 Å². The molecule has 3 heteroatoms. The minimum Gasteiger partial charge on any atom is -0.507 e. The van der Waals surface area contributed by atoms with Crippen molar-refractivity contribution in [3.63, 3.8) is 0 Å². The van der Waals surface area contributed by atoms with Gasteiger partial charge in [-0.3, -0.25) is 0 Å². The first kappa shape index (κ1) is 19.8. The van der Waals surface area contributed by atoms with E-state index >= 15 is 0 Å². The molecule has 0 amide bonds. The molecule has 3 nitrogen and oxygen atoms in total. The van der Waals surface area contributed by atoms with Crippen molar-refractivity contribution in [2.45, 2.75) is 47.5 Å². The normalized spacial score (nSPS) is 11.2. The summed E-state index contributed by atoms with van der Waals surface area (Å²) in [6, 6.07) is 12.1. The van der Waals surface area contributed by atoms with Crippen molar-refractivity contribution in [3.05, 3.63) is 86.5 Å². The molecule has 3 aromatic rings. The summed E-state index contributed by atoms with van der Waals surface area (Å²) in [5.74, 6) is 0.601. The molecule has 3 aromatic carbocycles. The van der Waals surface area contributed by atoms with Crippen molar-refractivity contribution < 1.29 is 10.2 Å². The molecule has 0 radical (unpaired) electrons. The first-order valence-corrected chi connectivity index (χ1v) is 9.58. The predicted molar refractivity (Wildman–Crippen MR) is 116 cm³/mol. The molecule has 0 aromatic heterocycles. The number of aryl methyl sites for hydroxylation is 2. The van der Waals surface area contributed by atoms with Crippen molar-refractivity contribution in [2.24, 2.45) is 0 Å². The number of aromatic hydroxyl groups is 2. The highest BCUT2D eigenvalue weighted by Crippen LogP contribution is 2.43. The Balaban J connectivity index is 2.42. The second-order valence-electron chi connectivity index (χ2n) is 7.82. The van der Waals surface area contributed by atoms with Gasteiger partial charge in [-0.15, -0.1) is 0 Å². The SMILES string of the molecule is Cc1cc(C(c2ccccc2N)c2cc(C)c(O)c(C)c2C)c(C)c(C)c1O. The van der Waals surface area contributed by atoms with E-state index in [4.69, 9.17) is 5.73 Å². The second kappa shape index (κ2) is 7.23. The summed E-state index contributed by atoms with van der Waals surface area (Å²) in [7, 11) is 0. The smallest absolute Gasteiger partial charge is 0.121 e. The summed E-state index contributed by atoms with van der Waals surface area (Å²) in [6.07, 6.45) is 0. The Bertz CT molecular complexity index is 1000. The summed E-state index contributed by atoms with van der Waals surface area (Å²) in [5.41, 5.74) is 16.0. The molecule has 0 fully saturated rings. The number of phenolic OH excluding ortho intramolecular Hbond substituents is 2. The lowest BCUT2D eigenvalue weighted by atomic mass is 9.77. The lowest BCUT2D eigenvalue weighted by molar-refractivity contribution is 0.465. The highest BCUT2D eigenvalue weighted by atomic mass is 16.3. The standard InChI is InChI=1S/C25H29NO2/c1-13-11-20(15(3)17(5)24(13)27)23(19-9-7-8-10-22(19)26)21-12-14(2)25(28)18(6)16(21)4/h7-12,23,27-28H,26H2,1-6H3. The summed E-state index contributed by atoms with van der Waals surface area (Å²) in [5, 5.41) is 20.8. The van der Waals surface area contributed by atoms with Gasteiger partial charge in [0.25, 0.3) is 0 Å². The highest BCUT2D eigenvalue weighted by molar-refractivity contribution is 5.63. The fraction of sp³-hybridized carbons (Fsp3) is 0.280. The van der Waals surface area contributed by atoms with Crippen LogP contribution >= 0.6 is 0 Å². The number of benzene rings is 3. The van der Waals surface area contributed by atoms with Crippen molar-refractivity contribution in [2.75, 3.05) is 5.73 Å². The third-order valence-corrected chi connectivity index (χ3v) is 6.12. The number of para-hydroxylation sites is 1. The molecular weight excluding hydrogens is 346 g/mol. The van der Waals surface area contributed by atoms with Crippen LogP contribution in [-0.4, -0.2) is 10.2 Å². The summed E-state index contributed by atoms with van der Waals surface area (Å²) in [4.78, 5) is 0. The Labute approximate surface area is 167 Å². The fourth-order valence-corrected chi connectivity index (χ4v) is 4.08. The lowest BCUT2D eigenvalue weighted by Gasteiger charge is -2.27. The average Bonchev–Trinajstić information content (AvgIpc) is 2.67. The van der Waals surface area contributed by atoms with Gasteiger partial charge >= 0.3 is 0 Å². The first-order chi connectivity index (χ1) is 13.1. The number of rotatable bonds is 3. The highest BCUT2D eigenvalue weighted by Gasteiger charge is 2.26. The van der Waals surface area contributed by atoms with Gasteiger partial charge in [-0.25, -0.2) is 0 Å². The Morgan fingerprint density at radius 3 is 1.50 bits per heavy atom. The molecule has 0 bridgehead atoms. The van der Waals surface area contributed by atoms with Crippen molar-refractivity contribution in [3.8, 4) is 11.5 Å². The second-order valence-corrected chi connectivity index (χ2v) is 7.82. The van der Waals surface area contributed by atoms with Crippen molar-refractivity contribution >= 4 is 5.69 Å². The van der Waals surface area contributed by atoms with Gasteiger partial charge in [0.15, 0.2) is 0 Å². The van der Waals surface area contributed by atoms with E-state index in [2.05, 4.69) is 18.2 Å². The Morgan fingerprint density at radius 2 is 1.07 bits per heavy atom. The van der Waals surface area contributed by atoms with Gasteiger partial charge in [0.05, 0.1) is 0 Å². The molecule has 0 saturated carbocycles. The Morgan fingerprint density at radius 1 is 0.643 bits per heavy atom. The van der Waals surface area contributed by atoms with Gasteiger partial charge in [0, 0.05) is 11.6 Å². The van der Waals surface area contributed by atoms with E-state index in [1.54, 1.807) is 0 Å². The lowest BCUT2D eigenvalue weighted by Crippen LogP contribution is -2.12. The molecule has 0 unspecified atom stereocenters. The maximum Gasteiger partial charge on any atom is 0.121 e. The van der Waals surface area contributed by atoms with Gasteiger partial charge in [0.2, 0.25) is 0 Å². The minimum absolute atomic E-state index is 0.0859. The molecule has 0 spiro atoms. The number of nitrogens with two attached hydrogens (primary N) is 1. The predicted octanol–water partition coefficient (Wildman–Crippen LogP) is 5.71.